The molecule has 0 aliphatic carbocycles. The Bertz CT molecular complexity index is 811. The zero-order valence-electron chi connectivity index (χ0n) is 16.3. The summed E-state index contributed by atoms with van der Waals surface area (Å²) in [6, 6.07) is 13.1. The molecule has 8 heteroatoms. The second kappa shape index (κ2) is 9.82. The third kappa shape index (κ3) is 6.04. The highest BCUT2D eigenvalue weighted by atomic mass is 16.6. The summed E-state index contributed by atoms with van der Waals surface area (Å²) >= 11 is 0. The molecule has 150 valence electrons. The maximum atomic E-state index is 12.3. The van der Waals surface area contributed by atoms with Crippen molar-refractivity contribution in [2.45, 2.75) is 13.0 Å². The monoisotopic (exact) mass is 386 g/mol. The quantitative estimate of drug-likeness (QED) is 0.478. The van der Waals surface area contributed by atoms with Crippen LogP contribution in [-0.2, 0) is 0 Å². The molecule has 8 nitrogen and oxygen atoms in total. The van der Waals surface area contributed by atoms with Crippen LogP contribution in [0.1, 0.15) is 17.2 Å². The predicted octanol–water partition coefficient (Wildman–Crippen LogP) is 2.94. The van der Waals surface area contributed by atoms with Crippen LogP contribution >= 0.6 is 0 Å². The van der Waals surface area contributed by atoms with Gasteiger partial charge in [0.2, 0.25) is 0 Å². The van der Waals surface area contributed by atoms with Crippen molar-refractivity contribution >= 4 is 17.4 Å². The first kappa shape index (κ1) is 21.3. The van der Waals surface area contributed by atoms with E-state index >= 15 is 0 Å². The number of carbonyl (C=O) groups is 1. The summed E-state index contributed by atoms with van der Waals surface area (Å²) in [6.45, 7) is 2.58. The molecule has 2 rings (SSSR count). The number of aryl methyl sites for hydroxylation is 1. The fourth-order valence-electron chi connectivity index (χ4n) is 2.92. The molecule has 0 bridgehead atoms. The van der Waals surface area contributed by atoms with Gasteiger partial charge < -0.3 is 20.6 Å². The lowest BCUT2D eigenvalue weighted by Gasteiger charge is -2.26. The fraction of sp³-hybridized carbons (Fsp3) is 0.350. The van der Waals surface area contributed by atoms with E-state index in [1.165, 1.54) is 12.1 Å². The number of benzene rings is 2. The normalized spacial score (nSPS) is 13.0. The van der Waals surface area contributed by atoms with Crippen molar-refractivity contribution < 1.29 is 14.8 Å². The largest absolute Gasteiger partial charge is 0.388 e. The Hall–Kier alpha value is -2.97. The van der Waals surface area contributed by atoms with E-state index in [0.29, 0.717) is 12.2 Å². The van der Waals surface area contributed by atoms with Crippen LogP contribution in [0.4, 0.5) is 16.2 Å². The van der Waals surface area contributed by atoms with E-state index in [1.807, 2.05) is 49.3 Å². The second-order valence-electron chi connectivity index (χ2n) is 6.97. The van der Waals surface area contributed by atoms with Gasteiger partial charge in [-0.2, -0.15) is 0 Å². The van der Waals surface area contributed by atoms with Crippen LogP contribution in [0, 0.1) is 23.0 Å². The number of hydrogen-bond acceptors (Lipinski definition) is 5. The lowest BCUT2D eigenvalue weighted by molar-refractivity contribution is -0.384. The Morgan fingerprint density at radius 1 is 1.21 bits per heavy atom. The number of aliphatic hydroxyl groups is 1. The van der Waals surface area contributed by atoms with Crippen molar-refractivity contribution in [3.8, 4) is 0 Å². The molecule has 2 amide bonds. The highest BCUT2D eigenvalue weighted by molar-refractivity contribution is 5.90. The number of urea groups is 1. The lowest BCUT2D eigenvalue weighted by atomic mass is 9.95. The van der Waals surface area contributed by atoms with Gasteiger partial charge in [-0.25, -0.2) is 4.79 Å². The first-order valence-corrected chi connectivity index (χ1v) is 8.95. The topological polar surface area (TPSA) is 108 Å². The first-order valence-electron chi connectivity index (χ1n) is 8.95. The smallest absolute Gasteiger partial charge is 0.319 e. The van der Waals surface area contributed by atoms with Crippen molar-refractivity contribution in [3.05, 3.63) is 69.8 Å². The number of carbonyl (C=O) groups excluding carboxylic acids is 1. The summed E-state index contributed by atoms with van der Waals surface area (Å²) in [5.74, 6) is -0.227. The average molecular weight is 386 g/mol. The Kier molecular flexibility index (Phi) is 7.48. The number of nitrogens with one attached hydrogen (secondary N) is 2. The van der Waals surface area contributed by atoms with E-state index in [1.54, 1.807) is 13.0 Å². The summed E-state index contributed by atoms with van der Waals surface area (Å²) in [4.78, 5) is 24.7. The molecule has 0 saturated heterocycles. The zero-order valence-corrected chi connectivity index (χ0v) is 16.3. The third-order valence-corrected chi connectivity index (χ3v) is 4.39. The van der Waals surface area contributed by atoms with Crippen LogP contribution in [0.5, 0.6) is 0 Å². The molecule has 2 aromatic carbocycles. The van der Waals surface area contributed by atoms with Crippen molar-refractivity contribution in [3.63, 3.8) is 0 Å². The summed E-state index contributed by atoms with van der Waals surface area (Å²) in [7, 11) is 3.80. The van der Waals surface area contributed by atoms with E-state index in [4.69, 9.17) is 0 Å². The number of anilines is 1. The molecule has 0 aromatic heterocycles. The number of nitro benzene ring substituents is 1. The standard InChI is InChI=1S/C20H26N4O4/c1-14-9-10-17(24(27)28)11-18(14)22-20(26)21-12-16(13-23(2)3)19(25)15-7-5-4-6-8-15/h4-11,16,19,25H,12-13H2,1-3H3,(H2,21,22,26). The summed E-state index contributed by atoms with van der Waals surface area (Å²) < 4.78 is 0. The molecule has 0 aliphatic heterocycles. The molecule has 0 aliphatic rings. The van der Waals surface area contributed by atoms with E-state index in [-0.39, 0.29) is 18.2 Å². The van der Waals surface area contributed by atoms with Crippen molar-refractivity contribution in [1.29, 1.82) is 0 Å². The number of amides is 2. The van der Waals surface area contributed by atoms with Crippen molar-refractivity contribution in [2.24, 2.45) is 5.92 Å². The van der Waals surface area contributed by atoms with E-state index in [2.05, 4.69) is 10.6 Å². The molecule has 0 saturated carbocycles. The van der Waals surface area contributed by atoms with Crippen molar-refractivity contribution in [1.82, 2.24) is 10.2 Å². The molecule has 0 fully saturated rings. The Morgan fingerprint density at radius 3 is 2.50 bits per heavy atom. The van der Waals surface area contributed by atoms with Gasteiger partial charge >= 0.3 is 6.03 Å². The van der Waals surface area contributed by atoms with E-state index in [9.17, 15) is 20.0 Å². The minimum Gasteiger partial charge on any atom is -0.388 e. The van der Waals surface area contributed by atoms with Gasteiger partial charge in [-0.15, -0.1) is 0 Å². The van der Waals surface area contributed by atoms with Gasteiger partial charge in [0.15, 0.2) is 0 Å². The number of non-ortho nitro benzene ring substituents is 1. The summed E-state index contributed by atoms with van der Waals surface area (Å²) in [6.07, 6.45) is -0.733. The number of nitro groups is 1. The highest BCUT2D eigenvalue weighted by Gasteiger charge is 2.22. The van der Waals surface area contributed by atoms with Crippen LogP contribution < -0.4 is 10.6 Å². The van der Waals surface area contributed by atoms with Crippen LogP contribution in [-0.4, -0.2) is 48.1 Å². The van der Waals surface area contributed by atoms with Crippen LogP contribution in [0.3, 0.4) is 0 Å². The van der Waals surface area contributed by atoms with E-state index in [0.717, 1.165) is 11.1 Å². The van der Waals surface area contributed by atoms with Gasteiger partial charge in [-0.05, 0) is 32.1 Å². The molecule has 2 atom stereocenters. The molecule has 28 heavy (non-hydrogen) atoms. The maximum Gasteiger partial charge on any atom is 0.319 e. The molecule has 0 spiro atoms. The Labute approximate surface area is 164 Å². The number of aliphatic hydroxyl groups excluding tert-OH is 1. The van der Waals surface area contributed by atoms with Gasteiger partial charge in [0.25, 0.3) is 5.69 Å². The highest BCUT2D eigenvalue weighted by Crippen LogP contribution is 2.23. The molecule has 0 heterocycles. The van der Waals surface area contributed by atoms with Crippen LogP contribution in [0.2, 0.25) is 0 Å². The molecule has 2 unspecified atom stereocenters. The Morgan fingerprint density at radius 2 is 1.89 bits per heavy atom. The van der Waals surface area contributed by atoms with E-state index < -0.39 is 17.1 Å². The number of hydrogen-bond donors (Lipinski definition) is 3. The van der Waals surface area contributed by atoms with Gasteiger partial charge in [0.05, 0.1) is 16.7 Å². The minimum atomic E-state index is -0.733. The minimum absolute atomic E-state index is 0.0918. The summed E-state index contributed by atoms with van der Waals surface area (Å²) in [5, 5.41) is 27.0. The van der Waals surface area contributed by atoms with Gasteiger partial charge in [0, 0.05) is 31.1 Å². The average Bonchev–Trinajstić information content (AvgIpc) is 2.66. The molecule has 0 radical (unpaired) electrons. The third-order valence-electron chi connectivity index (χ3n) is 4.39. The molecule has 3 N–H and O–H groups in total. The zero-order chi connectivity index (χ0) is 20.7. The number of rotatable bonds is 8. The molecular formula is C20H26N4O4. The lowest BCUT2D eigenvalue weighted by Crippen LogP contribution is -2.39. The Balaban J connectivity index is 2.03. The van der Waals surface area contributed by atoms with Crippen LogP contribution in [0.25, 0.3) is 0 Å². The van der Waals surface area contributed by atoms with Gasteiger partial charge in [-0.3, -0.25) is 10.1 Å². The van der Waals surface area contributed by atoms with Crippen molar-refractivity contribution in [2.75, 3.05) is 32.5 Å². The van der Waals surface area contributed by atoms with Crippen LogP contribution in [0.15, 0.2) is 48.5 Å². The fourth-order valence-corrected chi connectivity index (χ4v) is 2.92. The number of nitrogens with zero attached hydrogens (tertiary/aromatic N) is 2. The van der Waals surface area contributed by atoms with Gasteiger partial charge in [-0.1, -0.05) is 36.4 Å². The second-order valence-corrected chi connectivity index (χ2v) is 6.97. The molecular weight excluding hydrogens is 360 g/mol. The predicted molar refractivity (Wildman–Crippen MR) is 108 cm³/mol. The first-order chi connectivity index (χ1) is 13.3. The van der Waals surface area contributed by atoms with Gasteiger partial charge in [0.1, 0.15) is 0 Å². The molecule has 2 aromatic rings. The summed E-state index contributed by atoms with van der Waals surface area (Å²) in [5.41, 5.74) is 1.78. The maximum absolute atomic E-state index is 12.3. The SMILES string of the molecule is Cc1ccc([N+](=O)[O-])cc1NC(=O)NCC(CN(C)C)C(O)c1ccccc1.